The summed E-state index contributed by atoms with van der Waals surface area (Å²) in [6.07, 6.45) is 0.379. The summed E-state index contributed by atoms with van der Waals surface area (Å²) < 4.78 is 28.8. The second-order valence-corrected chi connectivity index (χ2v) is 11.3. The lowest BCUT2D eigenvalue weighted by molar-refractivity contribution is -0.154. The van der Waals surface area contributed by atoms with Crippen molar-refractivity contribution in [2.24, 2.45) is 0 Å². The van der Waals surface area contributed by atoms with Crippen LogP contribution in [0.2, 0.25) is 0 Å². The number of methoxy groups -OCH3 is 1. The maximum atomic E-state index is 12.3. The smallest absolute Gasteiger partial charge is 0.407 e. The first-order chi connectivity index (χ1) is 18.9. The molecule has 1 N–H and O–H groups in total. The molecule has 0 saturated heterocycles. The largest absolute Gasteiger partial charge is 0.493 e. The molecular formula is C30H37BrN2O7. The number of halogens is 1. The highest BCUT2D eigenvalue weighted by molar-refractivity contribution is 9.10. The zero-order valence-electron chi connectivity index (χ0n) is 23.8. The molecule has 0 aliphatic heterocycles. The van der Waals surface area contributed by atoms with Crippen molar-refractivity contribution in [1.82, 2.24) is 10.3 Å². The highest BCUT2D eigenvalue weighted by atomic mass is 79.9. The molecule has 1 aromatic heterocycles. The molecule has 0 saturated carbocycles. The quantitative estimate of drug-likeness (QED) is 0.225. The molecule has 3 rings (SSSR count). The molecule has 0 fully saturated rings. The van der Waals surface area contributed by atoms with E-state index in [1.54, 1.807) is 13.8 Å². The van der Waals surface area contributed by atoms with Crippen molar-refractivity contribution in [3.63, 3.8) is 0 Å². The van der Waals surface area contributed by atoms with E-state index in [1.807, 2.05) is 63.2 Å². The van der Waals surface area contributed by atoms with Crippen LogP contribution in [0.25, 0.3) is 11.5 Å². The van der Waals surface area contributed by atoms with Crippen molar-refractivity contribution in [2.75, 3.05) is 13.7 Å². The number of benzene rings is 2. The summed E-state index contributed by atoms with van der Waals surface area (Å²) in [5.74, 6) is 1.14. The van der Waals surface area contributed by atoms with Gasteiger partial charge in [0, 0.05) is 29.4 Å². The molecule has 1 heterocycles. The Balaban J connectivity index is 1.68. The van der Waals surface area contributed by atoms with E-state index < -0.39 is 11.7 Å². The number of nitrogens with zero attached hydrogens (tertiary/aromatic N) is 1. The molecule has 0 unspecified atom stereocenters. The van der Waals surface area contributed by atoms with E-state index in [1.165, 1.54) is 7.11 Å². The van der Waals surface area contributed by atoms with Gasteiger partial charge in [0.05, 0.1) is 19.8 Å². The van der Waals surface area contributed by atoms with E-state index in [2.05, 4.69) is 26.2 Å². The van der Waals surface area contributed by atoms with Gasteiger partial charge < -0.3 is 28.7 Å². The fourth-order valence-electron chi connectivity index (χ4n) is 3.79. The zero-order chi connectivity index (χ0) is 29.3. The molecular weight excluding hydrogens is 580 g/mol. The van der Waals surface area contributed by atoms with Crippen LogP contribution in [-0.4, -0.2) is 42.5 Å². The summed E-state index contributed by atoms with van der Waals surface area (Å²) in [4.78, 5) is 28.9. The lowest BCUT2D eigenvalue weighted by atomic mass is 10.0. The minimum Gasteiger partial charge on any atom is -0.493 e. The molecule has 216 valence electrons. The zero-order valence-corrected chi connectivity index (χ0v) is 25.4. The maximum absolute atomic E-state index is 12.3. The summed E-state index contributed by atoms with van der Waals surface area (Å²) >= 11 is 3.43. The number of alkyl carbamates (subject to hydrolysis) is 1. The lowest BCUT2D eigenvalue weighted by Gasteiger charge is -2.20. The third kappa shape index (κ3) is 9.89. The van der Waals surface area contributed by atoms with E-state index in [-0.39, 0.29) is 25.0 Å². The average molecular weight is 618 g/mol. The van der Waals surface area contributed by atoms with Crippen LogP contribution in [-0.2, 0) is 33.7 Å². The fraction of sp³-hybridized carbons (Fsp3) is 0.433. The van der Waals surface area contributed by atoms with Crippen LogP contribution < -0.4 is 14.8 Å². The van der Waals surface area contributed by atoms with Crippen LogP contribution in [0.4, 0.5) is 4.79 Å². The standard InChI is InChI=1S/C30H37BrN2O7/c1-19(2)38-29(35)32-18-22-17-24(13-9-20(22)10-14-26(34)40-30(3,4)5)37-16-15-25-28(36-6)39-27(33-25)21-7-11-23(31)12-8-21/h7-9,11-13,17,19H,10,14-16,18H2,1-6H3,(H,32,35). The van der Waals surface area contributed by atoms with Crippen molar-refractivity contribution >= 4 is 28.0 Å². The van der Waals surface area contributed by atoms with Gasteiger partial charge in [-0.1, -0.05) is 22.0 Å². The van der Waals surface area contributed by atoms with Crippen molar-refractivity contribution < 1.29 is 33.0 Å². The number of hydrogen-bond donors (Lipinski definition) is 1. The maximum Gasteiger partial charge on any atom is 0.407 e. The summed E-state index contributed by atoms with van der Waals surface area (Å²) in [6.45, 7) is 9.62. The molecule has 0 atom stereocenters. The Labute approximate surface area is 243 Å². The van der Waals surface area contributed by atoms with E-state index in [0.29, 0.717) is 42.7 Å². The van der Waals surface area contributed by atoms with Crippen molar-refractivity contribution in [3.05, 3.63) is 63.8 Å². The molecule has 2 aromatic carbocycles. The topological polar surface area (TPSA) is 109 Å². The van der Waals surface area contributed by atoms with E-state index in [0.717, 1.165) is 21.2 Å². The number of oxazole rings is 1. The Morgan fingerprint density at radius 1 is 1.05 bits per heavy atom. The number of aromatic nitrogens is 1. The van der Waals surface area contributed by atoms with Gasteiger partial charge in [-0.25, -0.2) is 9.78 Å². The van der Waals surface area contributed by atoms with Crippen LogP contribution in [0.1, 0.15) is 57.9 Å². The van der Waals surface area contributed by atoms with Gasteiger partial charge in [-0.3, -0.25) is 4.79 Å². The number of esters is 1. The predicted molar refractivity (Wildman–Crippen MR) is 154 cm³/mol. The minimum atomic E-state index is -0.550. The highest BCUT2D eigenvalue weighted by Gasteiger charge is 2.18. The number of aryl methyl sites for hydroxylation is 1. The Hall–Kier alpha value is -3.53. The van der Waals surface area contributed by atoms with Crippen molar-refractivity contribution in [3.8, 4) is 23.1 Å². The first kappa shape index (κ1) is 31.0. The molecule has 0 aliphatic carbocycles. The Kier molecular flexibility index (Phi) is 11.0. The molecule has 3 aromatic rings. The molecule has 0 radical (unpaired) electrons. The number of ether oxygens (including phenoxy) is 4. The monoisotopic (exact) mass is 616 g/mol. The van der Waals surface area contributed by atoms with Gasteiger partial charge in [0.15, 0.2) is 0 Å². The van der Waals surface area contributed by atoms with Crippen molar-refractivity contribution in [1.29, 1.82) is 0 Å². The SMILES string of the molecule is COc1oc(-c2ccc(Br)cc2)nc1CCOc1ccc(CCC(=O)OC(C)(C)C)c(CNC(=O)OC(C)C)c1. The number of amides is 1. The van der Waals surface area contributed by atoms with Crippen LogP contribution in [0.3, 0.4) is 0 Å². The number of rotatable bonds is 12. The molecule has 1 amide bonds. The Bertz CT molecular complexity index is 1280. The first-order valence-electron chi connectivity index (χ1n) is 13.1. The number of carbonyl (C=O) groups is 2. The molecule has 0 spiro atoms. The molecule has 40 heavy (non-hydrogen) atoms. The normalized spacial score (nSPS) is 11.3. The Morgan fingerprint density at radius 2 is 1.77 bits per heavy atom. The average Bonchev–Trinajstić information content (AvgIpc) is 3.29. The molecule has 9 nitrogen and oxygen atoms in total. The van der Waals surface area contributed by atoms with Gasteiger partial charge in [0.2, 0.25) is 5.89 Å². The lowest BCUT2D eigenvalue weighted by Crippen LogP contribution is -2.27. The van der Waals surface area contributed by atoms with Gasteiger partial charge in [0.1, 0.15) is 17.0 Å². The van der Waals surface area contributed by atoms with Crippen LogP contribution in [0, 0.1) is 0 Å². The minimum absolute atomic E-state index is 0.216. The molecule has 10 heteroatoms. The first-order valence-corrected chi connectivity index (χ1v) is 13.9. The number of carbonyl (C=O) groups excluding carboxylic acids is 2. The van der Waals surface area contributed by atoms with Crippen LogP contribution in [0.15, 0.2) is 51.4 Å². The van der Waals surface area contributed by atoms with Crippen molar-refractivity contribution in [2.45, 2.75) is 72.1 Å². The Morgan fingerprint density at radius 3 is 2.42 bits per heavy atom. The second kappa shape index (κ2) is 14.2. The second-order valence-electron chi connectivity index (χ2n) is 10.4. The summed E-state index contributed by atoms with van der Waals surface area (Å²) in [5, 5.41) is 2.77. The predicted octanol–water partition coefficient (Wildman–Crippen LogP) is 6.64. The van der Waals surface area contributed by atoms with E-state index >= 15 is 0 Å². The van der Waals surface area contributed by atoms with Gasteiger partial charge in [-0.2, -0.15) is 0 Å². The highest BCUT2D eigenvalue weighted by Crippen LogP contribution is 2.29. The van der Waals surface area contributed by atoms with Gasteiger partial charge in [-0.05, 0) is 88.6 Å². The van der Waals surface area contributed by atoms with Crippen LogP contribution >= 0.6 is 15.9 Å². The third-order valence-corrected chi connectivity index (χ3v) is 6.04. The molecule has 0 aliphatic rings. The van der Waals surface area contributed by atoms with Gasteiger partial charge in [-0.15, -0.1) is 0 Å². The summed E-state index contributed by atoms with van der Waals surface area (Å²) in [5.41, 5.74) is 2.65. The van der Waals surface area contributed by atoms with E-state index in [9.17, 15) is 9.59 Å². The van der Waals surface area contributed by atoms with Crippen LogP contribution in [0.5, 0.6) is 11.7 Å². The fourth-order valence-corrected chi connectivity index (χ4v) is 4.05. The summed E-state index contributed by atoms with van der Waals surface area (Å²) in [6, 6.07) is 13.2. The number of nitrogens with one attached hydrogen (secondary N) is 1. The van der Waals surface area contributed by atoms with Gasteiger partial charge in [0.25, 0.3) is 0 Å². The van der Waals surface area contributed by atoms with Gasteiger partial charge >= 0.3 is 18.0 Å². The number of hydrogen-bond acceptors (Lipinski definition) is 8. The van der Waals surface area contributed by atoms with E-state index in [4.69, 9.17) is 23.4 Å². The summed E-state index contributed by atoms with van der Waals surface area (Å²) in [7, 11) is 1.54. The third-order valence-electron chi connectivity index (χ3n) is 5.51. The molecule has 0 bridgehead atoms.